The molecule has 1 aromatic heterocycles. The van der Waals surface area contributed by atoms with Crippen LogP contribution in [0, 0.1) is 5.82 Å². The molecular formula is C9H5Cl2FN4O. The van der Waals surface area contributed by atoms with Gasteiger partial charge in [0.15, 0.2) is 5.75 Å². The van der Waals surface area contributed by atoms with Gasteiger partial charge in [-0.05, 0) is 23.7 Å². The van der Waals surface area contributed by atoms with Gasteiger partial charge < -0.3 is 10.5 Å². The van der Waals surface area contributed by atoms with Gasteiger partial charge in [-0.2, -0.15) is 15.0 Å². The minimum absolute atomic E-state index is 0.0633. The lowest BCUT2D eigenvalue weighted by molar-refractivity contribution is 0.437. The molecule has 0 atom stereocenters. The Morgan fingerprint density at radius 3 is 2.65 bits per heavy atom. The second-order valence-corrected chi connectivity index (χ2v) is 3.67. The summed E-state index contributed by atoms with van der Waals surface area (Å²) >= 11 is 11.4. The van der Waals surface area contributed by atoms with Gasteiger partial charge in [0.2, 0.25) is 11.2 Å². The van der Waals surface area contributed by atoms with E-state index in [4.69, 9.17) is 33.7 Å². The molecular weight excluding hydrogens is 270 g/mol. The van der Waals surface area contributed by atoms with Crippen molar-refractivity contribution in [1.82, 2.24) is 15.0 Å². The first-order valence-electron chi connectivity index (χ1n) is 4.34. The van der Waals surface area contributed by atoms with Gasteiger partial charge in [-0.25, -0.2) is 4.39 Å². The van der Waals surface area contributed by atoms with Crippen LogP contribution in [0.4, 0.5) is 10.3 Å². The average Bonchev–Trinajstić information content (AvgIpc) is 2.22. The quantitative estimate of drug-likeness (QED) is 0.912. The van der Waals surface area contributed by atoms with Crippen molar-refractivity contribution in [3.63, 3.8) is 0 Å². The van der Waals surface area contributed by atoms with Crippen LogP contribution < -0.4 is 10.5 Å². The molecule has 17 heavy (non-hydrogen) atoms. The summed E-state index contributed by atoms with van der Waals surface area (Å²) in [5.41, 5.74) is 5.35. The van der Waals surface area contributed by atoms with E-state index in [-0.39, 0.29) is 28.0 Å². The van der Waals surface area contributed by atoms with Crippen molar-refractivity contribution in [1.29, 1.82) is 0 Å². The van der Waals surface area contributed by atoms with Gasteiger partial charge in [0.25, 0.3) is 0 Å². The van der Waals surface area contributed by atoms with E-state index in [1.165, 1.54) is 12.1 Å². The second kappa shape index (κ2) is 4.68. The molecule has 0 saturated carbocycles. The molecule has 0 bridgehead atoms. The number of nitrogen functional groups attached to an aromatic ring is 1. The number of hydrogen-bond donors (Lipinski definition) is 1. The molecule has 0 fully saturated rings. The van der Waals surface area contributed by atoms with Crippen molar-refractivity contribution < 1.29 is 9.13 Å². The summed E-state index contributed by atoms with van der Waals surface area (Å²) in [6.07, 6.45) is 0. The van der Waals surface area contributed by atoms with Crippen LogP contribution in [0.2, 0.25) is 10.3 Å². The largest absolute Gasteiger partial charge is 0.422 e. The first-order valence-corrected chi connectivity index (χ1v) is 5.10. The van der Waals surface area contributed by atoms with Crippen molar-refractivity contribution >= 4 is 29.2 Å². The fourth-order valence-electron chi connectivity index (χ4n) is 1.05. The van der Waals surface area contributed by atoms with Crippen molar-refractivity contribution in [3.05, 3.63) is 34.3 Å². The summed E-state index contributed by atoms with van der Waals surface area (Å²) in [6.45, 7) is 0. The topological polar surface area (TPSA) is 73.9 Å². The zero-order chi connectivity index (χ0) is 12.4. The van der Waals surface area contributed by atoms with E-state index >= 15 is 0 Å². The molecule has 0 spiro atoms. The number of nitrogens with two attached hydrogens (primary N) is 1. The number of benzene rings is 1. The second-order valence-electron chi connectivity index (χ2n) is 2.92. The van der Waals surface area contributed by atoms with Gasteiger partial charge in [-0.15, -0.1) is 0 Å². The van der Waals surface area contributed by atoms with E-state index in [0.29, 0.717) is 0 Å². The summed E-state index contributed by atoms with van der Waals surface area (Å²) < 4.78 is 18.1. The Morgan fingerprint density at radius 2 is 1.94 bits per heavy atom. The highest BCUT2D eigenvalue weighted by Crippen LogP contribution is 2.28. The maximum Gasteiger partial charge on any atom is 0.328 e. The normalized spacial score (nSPS) is 10.3. The van der Waals surface area contributed by atoms with Gasteiger partial charge in [-0.1, -0.05) is 11.6 Å². The van der Waals surface area contributed by atoms with Gasteiger partial charge in [0, 0.05) is 6.07 Å². The van der Waals surface area contributed by atoms with Crippen LogP contribution in [0.5, 0.6) is 11.8 Å². The Labute approximate surface area is 105 Å². The molecule has 2 aromatic rings. The van der Waals surface area contributed by atoms with E-state index in [2.05, 4.69) is 15.0 Å². The van der Waals surface area contributed by atoms with Crippen LogP contribution >= 0.6 is 23.2 Å². The zero-order valence-electron chi connectivity index (χ0n) is 8.19. The lowest BCUT2D eigenvalue weighted by Crippen LogP contribution is -2.00. The van der Waals surface area contributed by atoms with Crippen LogP contribution in [-0.2, 0) is 0 Å². The first kappa shape index (κ1) is 11.8. The molecule has 2 rings (SSSR count). The minimum Gasteiger partial charge on any atom is -0.422 e. The third-order valence-corrected chi connectivity index (χ3v) is 2.18. The molecule has 0 amide bonds. The van der Waals surface area contributed by atoms with Crippen molar-refractivity contribution in [2.24, 2.45) is 0 Å². The van der Waals surface area contributed by atoms with Crippen LogP contribution in [0.3, 0.4) is 0 Å². The number of halogens is 3. The molecule has 0 aliphatic rings. The number of aromatic nitrogens is 3. The van der Waals surface area contributed by atoms with Crippen molar-refractivity contribution in [3.8, 4) is 11.8 Å². The summed E-state index contributed by atoms with van der Waals surface area (Å²) in [5, 5.41) is 0.0848. The lowest BCUT2D eigenvalue weighted by atomic mass is 10.3. The number of hydrogen-bond acceptors (Lipinski definition) is 5. The van der Waals surface area contributed by atoms with Crippen LogP contribution in [0.25, 0.3) is 0 Å². The smallest absolute Gasteiger partial charge is 0.328 e. The average molecular weight is 275 g/mol. The van der Waals surface area contributed by atoms with Gasteiger partial charge in [0.05, 0.1) is 5.02 Å². The number of rotatable bonds is 2. The van der Waals surface area contributed by atoms with E-state index < -0.39 is 5.82 Å². The number of anilines is 1. The Morgan fingerprint density at radius 1 is 1.18 bits per heavy atom. The molecule has 8 heteroatoms. The van der Waals surface area contributed by atoms with E-state index in [1.807, 2.05) is 0 Å². The predicted molar refractivity (Wildman–Crippen MR) is 60.7 cm³/mol. The summed E-state index contributed by atoms with van der Waals surface area (Å²) in [6, 6.07) is 3.48. The maximum absolute atomic E-state index is 13.0. The van der Waals surface area contributed by atoms with Gasteiger partial charge in [-0.3, -0.25) is 0 Å². The summed E-state index contributed by atoms with van der Waals surface area (Å²) in [7, 11) is 0. The first-order chi connectivity index (χ1) is 8.04. The van der Waals surface area contributed by atoms with Crippen molar-refractivity contribution in [2.45, 2.75) is 0 Å². The number of ether oxygens (including phenoxy) is 1. The van der Waals surface area contributed by atoms with Gasteiger partial charge >= 0.3 is 6.01 Å². The predicted octanol–water partition coefficient (Wildman–Crippen LogP) is 2.69. The molecule has 0 unspecified atom stereocenters. The molecule has 1 heterocycles. The lowest BCUT2D eigenvalue weighted by Gasteiger charge is -2.05. The van der Waals surface area contributed by atoms with E-state index in [9.17, 15) is 4.39 Å². The Kier molecular flexibility index (Phi) is 3.26. The third kappa shape index (κ3) is 2.92. The minimum atomic E-state index is -0.502. The van der Waals surface area contributed by atoms with Crippen LogP contribution in [-0.4, -0.2) is 15.0 Å². The van der Waals surface area contributed by atoms with E-state index in [1.54, 1.807) is 0 Å². The molecule has 88 valence electrons. The highest BCUT2D eigenvalue weighted by Gasteiger charge is 2.09. The SMILES string of the molecule is Nc1nc(Cl)nc(Oc2cc(F)ccc2Cl)n1. The Hall–Kier alpha value is -1.66. The Bertz CT molecular complexity index is 546. The van der Waals surface area contributed by atoms with Crippen LogP contribution in [0.15, 0.2) is 18.2 Å². The van der Waals surface area contributed by atoms with Gasteiger partial charge in [0.1, 0.15) is 5.82 Å². The third-order valence-electron chi connectivity index (χ3n) is 1.70. The van der Waals surface area contributed by atoms with Crippen molar-refractivity contribution in [2.75, 3.05) is 5.73 Å². The van der Waals surface area contributed by atoms with E-state index in [0.717, 1.165) is 6.07 Å². The highest BCUT2D eigenvalue weighted by molar-refractivity contribution is 6.32. The molecule has 0 aliphatic carbocycles. The maximum atomic E-state index is 13.0. The fraction of sp³-hybridized carbons (Fsp3) is 0. The monoisotopic (exact) mass is 274 g/mol. The molecule has 2 N–H and O–H groups in total. The summed E-state index contributed by atoms with van der Waals surface area (Å²) in [5.74, 6) is -0.543. The highest BCUT2D eigenvalue weighted by atomic mass is 35.5. The molecule has 0 aliphatic heterocycles. The molecule has 0 radical (unpaired) electrons. The van der Waals surface area contributed by atoms with Crippen LogP contribution in [0.1, 0.15) is 0 Å². The fourth-order valence-corrected chi connectivity index (χ4v) is 1.36. The zero-order valence-corrected chi connectivity index (χ0v) is 9.71. The molecule has 5 nitrogen and oxygen atoms in total. The standard InChI is InChI=1S/C9H5Cl2FN4O/c10-5-2-1-4(12)3-6(5)17-9-15-7(11)14-8(13)16-9/h1-3H,(H2,13,14,15,16). The number of nitrogens with zero attached hydrogens (tertiary/aromatic N) is 3. The Balaban J connectivity index is 2.34. The molecule has 0 saturated heterocycles. The summed E-state index contributed by atoms with van der Waals surface area (Å²) in [4.78, 5) is 10.9. The molecule has 1 aromatic carbocycles.